The van der Waals surface area contributed by atoms with Crippen LogP contribution in [0.4, 0.5) is 9.59 Å². The molecule has 6 aliphatic rings. The zero-order valence-electron chi connectivity index (χ0n) is 29.9. The van der Waals surface area contributed by atoms with E-state index in [1.165, 1.54) is 11.0 Å². The number of hydrogen-bond donors (Lipinski definition) is 3. The molecule has 7 rings (SSSR count). The van der Waals surface area contributed by atoms with Gasteiger partial charge in [-0.15, -0.1) is 6.58 Å². The Kier molecular flexibility index (Phi) is 10.6. The lowest BCUT2D eigenvalue weighted by Gasteiger charge is -2.34. The van der Waals surface area contributed by atoms with Gasteiger partial charge in [0.1, 0.15) is 23.7 Å². The molecule has 286 valence electrons. The van der Waals surface area contributed by atoms with Crippen molar-refractivity contribution in [3.63, 3.8) is 0 Å². The highest BCUT2D eigenvalue weighted by Gasteiger charge is 2.62. The number of alkyl carbamates (subject to hydrolysis) is 1. The first-order chi connectivity index (χ1) is 25.5. The standard InChI is InChI=1S/C38H49N5O9S/c1-2-27-20-38(27,35(46)41-53(49,50)29-16-17-29)40-33(44)31-19-28-22-43(31)34(45)32(25-12-7-5-8-13-25)39-36(47)51-18-9-4-3-6-11-24-14-10-15-26-21-42(23-30(24)26)37(48)52-28/h2,6,10-11,14-15,25,27-29,31-32H,1,3-5,7-9,12-13,16-23H2,(H,39,47)(H,40,44)(H,41,46)/b11-6+/t27-,28+,31-,32-,38+/m0/s1. The van der Waals surface area contributed by atoms with Crippen molar-refractivity contribution in [2.45, 2.75) is 119 Å². The van der Waals surface area contributed by atoms with Crippen LogP contribution in [-0.2, 0) is 47.0 Å². The Hall–Kier alpha value is -4.40. The molecule has 3 aliphatic carbocycles. The molecule has 14 nitrogen and oxygen atoms in total. The van der Waals surface area contributed by atoms with Gasteiger partial charge in [0.2, 0.25) is 21.8 Å². The molecule has 4 bridgehead atoms. The summed E-state index contributed by atoms with van der Waals surface area (Å²) >= 11 is 0. The number of amides is 5. The summed E-state index contributed by atoms with van der Waals surface area (Å²) in [5, 5.41) is 4.95. The van der Waals surface area contributed by atoms with Gasteiger partial charge in [0, 0.05) is 18.9 Å². The monoisotopic (exact) mass is 751 g/mol. The summed E-state index contributed by atoms with van der Waals surface area (Å²) in [7, 11) is -3.90. The van der Waals surface area contributed by atoms with Crippen molar-refractivity contribution in [3.8, 4) is 0 Å². The zero-order valence-corrected chi connectivity index (χ0v) is 30.7. The fourth-order valence-electron chi connectivity index (χ4n) is 8.28. The SMILES string of the molecule is C=C[C@H]1C[C@]1(NC(=O)[C@@H]1C[C@@H]2CN1C(=O)[C@H](C1CCCCC1)NC(=O)OCCCC/C=C/c1cccc3c1CN(C3)C(=O)O2)C(=O)NS(=O)(=O)C1CC1. The highest BCUT2D eigenvalue weighted by atomic mass is 32.2. The average molecular weight is 752 g/mol. The zero-order chi connectivity index (χ0) is 37.3. The van der Waals surface area contributed by atoms with Crippen LogP contribution >= 0.6 is 0 Å². The molecule has 0 radical (unpaired) electrons. The predicted octanol–water partition coefficient (Wildman–Crippen LogP) is 3.65. The second-order valence-corrected chi connectivity index (χ2v) is 17.3. The molecule has 0 unspecified atom stereocenters. The molecule has 53 heavy (non-hydrogen) atoms. The number of sulfonamides is 1. The molecule has 0 spiro atoms. The number of allylic oxidation sites excluding steroid dienone is 1. The maximum absolute atomic E-state index is 14.6. The number of ether oxygens (including phenoxy) is 2. The maximum atomic E-state index is 14.6. The number of carbonyl (C=O) groups excluding carboxylic acids is 5. The van der Waals surface area contributed by atoms with Gasteiger partial charge < -0.3 is 25.0 Å². The topological polar surface area (TPSA) is 181 Å². The van der Waals surface area contributed by atoms with Gasteiger partial charge in [-0.3, -0.25) is 24.0 Å². The Morgan fingerprint density at radius 1 is 1.02 bits per heavy atom. The Balaban J connectivity index is 1.16. The number of benzene rings is 1. The molecule has 5 amide bonds. The van der Waals surface area contributed by atoms with E-state index in [4.69, 9.17) is 9.47 Å². The van der Waals surface area contributed by atoms with Gasteiger partial charge >= 0.3 is 12.2 Å². The van der Waals surface area contributed by atoms with Crippen LogP contribution in [0, 0.1) is 11.8 Å². The smallest absolute Gasteiger partial charge is 0.410 e. The first-order valence-electron chi connectivity index (χ1n) is 19.0. The first kappa shape index (κ1) is 36.9. The molecule has 3 heterocycles. The Labute approximate surface area is 310 Å². The summed E-state index contributed by atoms with van der Waals surface area (Å²) in [5.41, 5.74) is 1.48. The third-order valence-corrected chi connectivity index (χ3v) is 13.4. The van der Waals surface area contributed by atoms with Crippen molar-refractivity contribution in [2.24, 2.45) is 11.8 Å². The summed E-state index contributed by atoms with van der Waals surface area (Å²) in [6.45, 7) is 4.54. The summed E-state index contributed by atoms with van der Waals surface area (Å²) in [5.74, 6) is -2.77. The molecule has 3 saturated carbocycles. The van der Waals surface area contributed by atoms with Crippen LogP contribution in [0.3, 0.4) is 0 Å². The van der Waals surface area contributed by atoms with E-state index in [9.17, 15) is 32.4 Å². The molecule has 0 aromatic heterocycles. The fourth-order valence-corrected chi connectivity index (χ4v) is 9.64. The molecule has 3 aliphatic heterocycles. The minimum Gasteiger partial charge on any atom is -0.450 e. The van der Waals surface area contributed by atoms with E-state index in [0.717, 1.165) is 48.8 Å². The summed E-state index contributed by atoms with van der Waals surface area (Å²) in [4.78, 5) is 72.1. The second-order valence-electron chi connectivity index (χ2n) is 15.3. The largest absolute Gasteiger partial charge is 0.450 e. The van der Waals surface area contributed by atoms with Crippen LogP contribution in [0.2, 0.25) is 0 Å². The minimum atomic E-state index is -3.90. The van der Waals surface area contributed by atoms with Crippen molar-refractivity contribution in [1.82, 2.24) is 25.2 Å². The fraction of sp³-hybridized carbons (Fsp3) is 0.605. The molecule has 1 saturated heterocycles. The first-order valence-corrected chi connectivity index (χ1v) is 20.5. The third-order valence-electron chi connectivity index (χ3n) is 11.6. The highest BCUT2D eigenvalue weighted by molar-refractivity contribution is 7.91. The van der Waals surface area contributed by atoms with Crippen LogP contribution in [0.1, 0.15) is 93.7 Å². The second kappa shape index (κ2) is 15.2. The Morgan fingerprint density at radius 3 is 2.55 bits per heavy atom. The highest BCUT2D eigenvalue weighted by Crippen LogP contribution is 2.45. The predicted molar refractivity (Wildman–Crippen MR) is 193 cm³/mol. The van der Waals surface area contributed by atoms with E-state index in [1.54, 1.807) is 4.90 Å². The van der Waals surface area contributed by atoms with Crippen molar-refractivity contribution in [1.29, 1.82) is 0 Å². The lowest BCUT2D eigenvalue weighted by atomic mass is 9.83. The maximum Gasteiger partial charge on any atom is 0.410 e. The van der Waals surface area contributed by atoms with E-state index in [-0.39, 0.29) is 31.9 Å². The summed E-state index contributed by atoms with van der Waals surface area (Å²) < 4.78 is 39.1. The molecule has 3 N–H and O–H groups in total. The van der Waals surface area contributed by atoms with Gasteiger partial charge in [-0.05, 0) is 74.0 Å². The van der Waals surface area contributed by atoms with Crippen LogP contribution in [0.25, 0.3) is 6.08 Å². The van der Waals surface area contributed by atoms with Crippen molar-refractivity contribution in [3.05, 3.63) is 53.6 Å². The normalized spacial score (nSPS) is 30.4. The van der Waals surface area contributed by atoms with Crippen molar-refractivity contribution < 1.29 is 41.9 Å². The number of nitrogens with one attached hydrogen (secondary N) is 3. The molecular weight excluding hydrogens is 703 g/mol. The van der Waals surface area contributed by atoms with E-state index < -0.39 is 74.8 Å². The number of rotatable bonds is 7. The van der Waals surface area contributed by atoms with E-state index >= 15 is 0 Å². The summed E-state index contributed by atoms with van der Waals surface area (Å²) in [6.07, 6.45) is 10.8. The van der Waals surface area contributed by atoms with Crippen LogP contribution < -0.4 is 15.4 Å². The van der Waals surface area contributed by atoms with Crippen molar-refractivity contribution >= 4 is 46.0 Å². The number of fused-ring (bicyclic) bond motifs is 3. The molecule has 5 atom stereocenters. The van der Waals surface area contributed by atoms with Gasteiger partial charge in [-0.25, -0.2) is 18.0 Å². The van der Waals surface area contributed by atoms with E-state index in [2.05, 4.69) is 28.0 Å². The quantitative estimate of drug-likeness (QED) is 0.351. The third kappa shape index (κ3) is 7.95. The number of nitrogens with zero attached hydrogens (tertiary/aromatic N) is 2. The van der Waals surface area contributed by atoms with Crippen LogP contribution in [0.15, 0.2) is 36.9 Å². The van der Waals surface area contributed by atoms with Crippen LogP contribution in [-0.4, -0.2) is 90.3 Å². The number of cyclic esters (lactones) is 1. The van der Waals surface area contributed by atoms with Gasteiger partial charge in [-0.1, -0.05) is 55.7 Å². The van der Waals surface area contributed by atoms with Crippen LogP contribution in [0.5, 0.6) is 0 Å². The average Bonchev–Trinajstić information content (AvgIpc) is 4.04. The molecule has 1 aromatic rings. The molecule has 15 heteroatoms. The summed E-state index contributed by atoms with van der Waals surface area (Å²) in [6, 6.07) is 3.76. The van der Waals surface area contributed by atoms with Crippen molar-refractivity contribution in [2.75, 3.05) is 13.2 Å². The molecule has 4 fully saturated rings. The lowest BCUT2D eigenvalue weighted by molar-refractivity contribution is -0.142. The molecular formula is C38H49N5O9S. The number of hydrogen-bond acceptors (Lipinski definition) is 9. The van der Waals surface area contributed by atoms with E-state index in [1.807, 2.05) is 24.3 Å². The Morgan fingerprint density at radius 2 is 1.81 bits per heavy atom. The van der Waals surface area contributed by atoms with E-state index in [0.29, 0.717) is 45.2 Å². The molecule has 1 aromatic carbocycles. The minimum absolute atomic E-state index is 0.0588. The van der Waals surface area contributed by atoms with Gasteiger partial charge in [0.15, 0.2) is 0 Å². The van der Waals surface area contributed by atoms with Gasteiger partial charge in [0.25, 0.3) is 5.91 Å². The Bertz CT molecular complexity index is 1790. The number of carbonyl (C=O) groups is 5. The van der Waals surface area contributed by atoms with Gasteiger partial charge in [0.05, 0.1) is 24.9 Å². The lowest BCUT2D eigenvalue weighted by Crippen LogP contribution is -2.59. The van der Waals surface area contributed by atoms with Gasteiger partial charge in [-0.2, -0.15) is 0 Å².